The summed E-state index contributed by atoms with van der Waals surface area (Å²) in [4.78, 5) is 4.64. The van der Waals surface area contributed by atoms with Crippen LogP contribution in [0.4, 0.5) is 0 Å². The third-order valence-corrected chi connectivity index (χ3v) is 3.31. The molecule has 2 aromatic heterocycles. The van der Waals surface area contributed by atoms with Crippen molar-refractivity contribution >= 4 is 10.9 Å². The summed E-state index contributed by atoms with van der Waals surface area (Å²) in [5.41, 5.74) is 9.14. The van der Waals surface area contributed by atoms with Crippen molar-refractivity contribution in [3.05, 3.63) is 60.0 Å². The highest BCUT2D eigenvalue weighted by atomic mass is 15.3. The molecule has 2 N–H and O–H groups in total. The predicted octanol–water partition coefficient (Wildman–Crippen LogP) is 2.50. The van der Waals surface area contributed by atoms with Gasteiger partial charge in [-0.1, -0.05) is 24.3 Å². The first-order chi connectivity index (χ1) is 9.29. The molecular weight excluding hydrogens is 236 g/mol. The highest BCUT2D eigenvalue weighted by Gasteiger charge is 2.14. The van der Waals surface area contributed by atoms with Crippen LogP contribution in [0, 0.1) is 0 Å². The first-order valence-corrected chi connectivity index (χ1v) is 6.42. The molecule has 1 unspecified atom stereocenters. The number of hydrogen-bond acceptors (Lipinski definition) is 3. The van der Waals surface area contributed by atoms with Gasteiger partial charge >= 0.3 is 0 Å². The Morgan fingerprint density at radius 3 is 2.84 bits per heavy atom. The lowest BCUT2D eigenvalue weighted by atomic mass is 10.1. The maximum absolute atomic E-state index is 6.30. The summed E-state index contributed by atoms with van der Waals surface area (Å²) in [6.45, 7) is 2.86. The van der Waals surface area contributed by atoms with Crippen molar-refractivity contribution in [3.8, 4) is 0 Å². The van der Waals surface area contributed by atoms with Crippen LogP contribution in [0.3, 0.4) is 0 Å². The third-order valence-electron chi connectivity index (χ3n) is 3.31. The molecule has 0 saturated heterocycles. The van der Waals surface area contributed by atoms with Crippen molar-refractivity contribution in [2.75, 3.05) is 0 Å². The number of aryl methyl sites for hydroxylation is 1. The van der Waals surface area contributed by atoms with Crippen LogP contribution >= 0.6 is 0 Å². The molecule has 0 radical (unpaired) electrons. The third kappa shape index (κ3) is 2.11. The molecule has 0 aliphatic rings. The number of rotatable bonds is 3. The molecule has 0 aliphatic carbocycles. The van der Waals surface area contributed by atoms with Crippen LogP contribution < -0.4 is 5.73 Å². The lowest BCUT2D eigenvalue weighted by Crippen LogP contribution is -2.18. The molecule has 19 heavy (non-hydrogen) atoms. The van der Waals surface area contributed by atoms with E-state index in [4.69, 9.17) is 5.73 Å². The molecule has 0 spiro atoms. The second-order valence-corrected chi connectivity index (χ2v) is 4.48. The Labute approximate surface area is 111 Å². The second kappa shape index (κ2) is 4.82. The number of nitrogens with two attached hydrogens (primary N) is 1. The number of pyridine rings is 1. The Kier molecular flexibility index (Phi) is 3.01. The van der Waals surface area contributed by atoms with Crippen LogP contribution in [0.15, 0.2) is 48.7 Å². The van der Waals surface area contributed by atoms with Crippen molar-refractivity contribution in [2.45, 2.75) is 19.5 Å². The van der Waals surface area contributed by atoms with Gasteiger partial charge in [-0.3, -0.25) is 9.67 Å². The Morgan fingerprint density at radius 2 is 2.00 bits per heavy atom. The molecule has 1 atom stereocenters. The maximum Gasteiger partial charge on any atom is 0.0897 e. The fraction of sp³-hybridized carbons (Fsp3) is 0.200. The summed E-state index contributed by atoms with van der Waals surface area (Å²) in [5, 5.41) is 5.38. The van der Waals surface area contributed by atoms with E-state index in [2.05, 4.69) is 23.1 Å². The van der Waals surface area contributed by atoms with Crippen LogP contribution in [0.5, 0.6) is 0 Å². The van der Waals surface area contributed by atoms with Crippen LogP contribution in [0.25, 0.3) is 10.9 Å². The summed E-state index contributed by atoms with van der Waals surface area (Å²) < 4.78 is 1.90. The van der Waals surface area contributed by atoms with E-state index in [1.807, 2.05) is 41.1 Å². The molecule has 0 saturated carbocycles. The zero-order valence-electron chi connectivity index (χ0n) is 10.8. The van der Waals surface area contributed by atoms with Crippen LogP contribution in [0.1, 0.15) is 24.4 Å². The van der Waals surface area contributed by atoms with E-state index in [9.17, 15) is 0 Å². The van der Waals surface area contributed by atoms with Gasteiger partial charge in [0.2, 0.25) is 0 Å². The first-order valence-electron chi connectivity index (χ1n) is 6.42. The molecular formula is C15H16N4. The van der Waals surface area contributed by atoms with E-state index in [1.165, 1.54) is 0 Å². The molecule has 3 aromatic rings. The van der Waals surface area contributed by atoms with Crippen LogP contribution in [0.2, 0.25) is 0 Å². The van der Waals surface area contributed by atoms with E-state index in [-0.39, 0.29) is 6.04 Å². The Hall–Kier alpha value is -2.20. The van der Waals surface area contributed by atoms with Crippen molar-refractivity contribution in [1.82, 2.24) is 14.8 Å². The summed E-state index contributed by atoms with van der Waals surface area (Å²) in [6.07, 6.45) is 1.78. The molecule has 4 heteroatoms. The van der Waals surface area contributed by atoms with Gasteiger partial charge in [0.25, 0.3) is 0 Å². The Morgan fingerprint density at radius 1 is 1.16 bits per heavy atom. The Balaban J connectivity index is 2.04. The molecule has 0 amide bonds. The van der Waals surface area contributed by atoms with E-state index in [0.29, 0.717) is 0 Å². The molecule has 2 heterocycles. The highest BCUT2D eigenvalue weighted by Crippen LogP contribution is 2.20. The van der Waals surface area contributed by atoms with Crippen molar-refractivity contribution < 1.29 is 0 Å². The maximum atomic E-state index is 6.30. The van der Waals surface area contributed by atoms with Gasteiger partial charge in [0, 0.05) is 18.1 Å². The minimum Gasteiger partial charge on any atom is -0.318 e. The molecule has 3 rings (SSSR count). The van der Waals surface area contributed by atoms with Crippen LogP contribution in [-0.2, 0) is 6.54 Å². The number of nitrogens with zero attached hydrogens (tertiary/aromatic N) is 3. The quantitative estimate of drug-likeness (QED) is 0.779. The number of benzene rings is 1. The molecule has 1 aromatic carbocycles. The molecule has 0 bridgehead atoms. The topological polar surface area (TPSA) is 56.7 Å². The molecule has 96 valence electrons. The lowest BCUT2D eigenvalue weighted by Gasteiger charge is -2.13. The SMILES string of the molecule is CCn1nccc1C(N)c1ccc2ccccc2n1. The van der Waals surface area contributed by atoms with Crippen molar-refractivity contribution in [2.24, 2.45) is 5.73 Å². The second-order valence-electron chi connectivity index (χ2n) is 4.48. The van der Waals surface area contributed by atoms with E-state index >= 15 is 0 Å². The Bertz CT molecular complexity index is 702. The predicted molar refractivity (Wildman–Crippen MR) is 75.7 cm³/mol. The molecule has 4 nitrogen and oxygen atoms in total. The number of fused-ring (bicyclic) bond motifs is 1. The fourth-order valence-electron chi connectivity index (χ4n) is 2.28. The highest BCUT2D eigenvalue weighted by molar-refractivity contribution is 5.78. The zero-order chi connectivity index (χ0) is 13.2. The van der Waals surface area contributed by atoms with E-state index < -0.39 is 0 Å². The van der Waals surface area contributed by atoms with Gasteiger partial charge in [-0.05, 0) is 25.1 Å². The van der Waals surface area contributed by atoms with Gasteiger partial charge in [-0.2, -0.15) is 5.10 Å². The van der Waals surface area contributed by atoms with Gasteiger partial charge < -0.3 is 5.73 Å². The summed E-state index contributed by atoms with van der Waals surface area (Å²) >= 11 is 0. The van der Waals surface area contributed by atoms with Gasteiger partial charge in [-0.25, -0.2) is 0 Å². The number of aromatic nitrogens is 3. The minimum atomic E-state index is -0.243. The van der Waals surface area contributed by atoms with E-state index in [1.54, 1.807) is 6.20 Å². The fourth-order valence-corrected chi connectivity index (χ4v) is 2.28. The smallest absolute Gasteiger partial charge is 0.0897 e. The number of hydrogen-bond donors (Lipinski definition) is 1. The standard InChI is InChI=1S/C15H16N4/c1-2-19-14(9-10-17-19)15(16)13-8-7-11-5-3-4-6-12(11)18-13/h3-10,15H,2,16H2,1H3. The normalized spacial score (nSPS) is 12.7. The van der Waals surface area contributed by atoms with Crippen molar-refractivity contribution in [3.63, 3.8) is 0 Å². The largest absolute Gasteiger partial charge is 0.318 e. The molecule has 0 fully saturated rings. The summed E-state index contributed by atoms with van der Waals surface area (Å²) in [5.74, 6) is 0. The van der Waals surface area contributed by atoms with Crippen molar-refractivity contribution in [1.29, 1.82) is 0 Å². The van der Waals surface area contributed by atoms with Gasteiger partial charge in [0.15, 0.2) is 0 Å². The van der Waals surface area contributed by atoms with Gasteiger partial charge in [0.05, 0.1) is 22.9 Å². The molecule has 0 aliphatic heterocycles. The lowest BCUT2D eigenvalue weighted by molar-refractivity contribution is 0.597. The first kappa shape index (κ1) is 11.9. The summed E-state index contributed by atoms with van der Waals surface area (Å²) in [7, 11) is 0. The van der Waals surface area contributed by atoms with Gasteiger partial charge in [-0.15, -0.1) is 0 Å². The van der Waals surface area contributed by atoms with Gasteiger partial charge in [0.1, 0.15) is 0 Å². The number of para-hydroxylation sites is 1. The van der Waals surface area contributed by atoms with Crippen LogP contribution in [-0.4, -0.2) is 14.8 Å². The van der Waals surface area contributed by atoms with E-state index in [0.717, 1.165) is 28.8 Å². The minimum absolute atomic E-state index is 0.243. The monoisotopic (exact) mass is 252 g/mol. The average molecular weight is 252 g/mol. The zero-order valence-corrected chi connectivity index (χ0v) is 10.8. The summed E-state index contributed by atoms with van der Waals surface area (Å²) in [6, 6.07) is 13.8. The average Bonchev–Trinajstić information content (AvgIpc) is 2.94.